The summed E-state index contributed by atoms with van der Waals surface area (Å²) in [7, 11) is 0. The zero-order valence-electron chi connectivity index (χ0n) is 10.3. The van der Waals surface area contributed by atoms with Crippen molar-refractivity contribution in [1.29, 1.82) is 0 Å². The highest BCUT2D eigenvalue weighted by molar-refractivity contribution is 5.76. The highest BCUT2D eigenvalue weighted by Gasteiger charge is 2.14. The molecule has 17 heavy (non-hydrogen) atoms. The number of rotatable bonds is 1. The Balaban J connectivity index is 2.73. The first kappa shape index (κ1) is 11.5. The van der Waals surface area contributed by atoms with Gasteiger partial charge in [0.25, 0.3) is 0 Å². The highest BCUT2D eigenvalue weighted by atomic mass is 16.3. The second-order valence-corrected chi connectivity index (χ2v) is 4.38. The Kier molecular flexibility index (Phi) is 2.80. The smallest absolute Gasteiger partial charge is 0.130 e. The van der Waals surface area contributed by atoms with Crippen LogP contribution in [0.2, 0.25) is 0 Å². The summed E-state index contributed by atoms with van der Waals surface area (Å²) < 4.78 is 0. The second-order valence-electron chi connectivity index (χ2n) is 4.38. The molecule has 2 aromatic rings. The van der Waals surface area contributed by atoms with Gasteiger partial charge in [0.1, 0.15) is 11.5 Å². The number of aryl methyl sites for hydroxylation is 2. The molecule has 0 saturated heterocycles. The topological polar surface area (TPSA) is 40.5 Å². The monoisotopic (exact) mass is 228 g/mol. The number of aromatic hydroxyl groups is 2. The Morgan fingerprint density at radius 3 is 2.06 bits per heavy atom. The molecule has 2 heteroatoms. The molecule has 2 aromatic carbocycles. The lowest BCUT2D eigenvalue weighted by Gasteiger charge is -2.13. The Morgan fingerprint density at radius 2 is 1.41 bits per heavy atom. The molecule has 0 amide bonds. The minimum Gasteiger partial charge on any atom is -0.507 e. The van der Waals surface area contributed by atoms with Crippen LogP contribution in [0.15, 0.2) is 30.3 Å². The van der Waals surface area contributed by atoms with Crippen molar-refractivity contribution in [1.82, 2.24) is 0 Å². The van der Waals surface area contributed by atoms with E-state index in [1.54, 1.807) is 6.92 Å². The molecule has 0 spiro atoms. The van der Waals surface area contributed by atoms with Gasteiger partial charge in [-0.2, -0.15) is 0 Å². The van der Waals surface area contributed by atoms with Crippen LogP contribution >= 0.6 is 0 Å². The van der Waals surface area contributed by atoms with Gasteiger partial charge in [0, 0.05) is 11.1 Å². The van der Waals surface area contributed by atoms with Gasteiger partial charge in [-0.15, -0.1) is 0 Å². The molecule has 0 aliphatic rings. The lowest BCUT2D eigenvalue weighted by atomic mass is 9.95. The Hall–Kier alpha value is -1.96. The van der Waals surface area contributed by atoms with Gasteiger partial charge >= 0.3 is 0 Å². The van der Waals surface area contributed by atoms with Crippen LogP contribution in [-0.2, 0) is 0 Å². The van der Waals surface area contributed by atoms with Gasteiger partial charge in [-0.25, -0.2) is 0 Å². The predicted octanol–water partition coefficient (Wildman–Crippen LogP) is 3.69. The van der Waals surface area contributed by atoms with Crippen molar-refractivity contribution in [3.8, 4) is 22.6 Å². The van der Waals surface area contributed by atoms with Crippen molar-refractivity contribution in [2.45, 2.75) is 20.8 Å². The van der Waals surface area contributed by atoms with Gasteiger partial charge in [0.2, 0.25) is 0 Å². The molecule has 88 valence electrons. The quantitative estimate of drug-likeness (QED) is 0.781. The molecule has 2 nitrogen and oxygen atoms in total. The van der Waals surface area contributed by atoms with Crippen molar-refractivity contribution < 1.29 is 10.2 Å². The first-order valence-electron chi connectivity index (χ1n) is 5.60. The highest BCUT2D eigenvalue weighted by Crippen LogP contribution is 2.39. The van der Waals surface area contributed by atoms with E-state index in [0.717, 1.165) is 22.3 Å². The summed E-state index contributed by atoms with van der Waals surface area (Å²) in [5, 5.41) is 19.9. The first-order valence-corrected chi connectivity index (χ1v) is 5.60. The molecule has 0 aromatic heterocycles. The van der Waals surface area contributed by atoms with Crippen LogP contribution in [0.3, 0.4) is 0 Å². The average molecular weight is 228 g/mol. The van der Waals surface area contributed by atoms with Gasteiger partial charge in [0.05, 0.1) is 0 Å². The summed E-state index contributed by atoms with van der Waals surface area (Å²) in [6, 6.07) is 9.71. The van der Waals surface area contributed by atoms with Crippen molar-refractivity contribution in [3.63, 3.8) is 0 Å². The van der Waals surface area contributed by atoms with E-state index >= 15 is 0 Å². The largest absolute Gasteiger partial charge is 0.507 e. The third-order valence-corrected chi connectivity index (χ3v) is 3.14. The Morgan fingerprint density at radius 1 is 0.765 bits per heavy atom. The number of benzene rings is 2. The molecule has 0 aliphatic heterocycles. The third kappa shape index (κ3) is 1.86. The number of phenolic OH excluding ortho intramolecular Hbond substituents is 2. The van der Waals surface area contributed by atoms with Crippen molar-refractivity contribution in [3.05, 3.63) is 47.0 Å². The molecule has 0 radical (unpaired) electrons. The molecule has 2 rings (SSSR count). The molecule has 0 bridgehead atoms. The first-order chi connectivity index (χ1) is 8.02. The summed E-state index contributed by atoms with van der Waals surface area (Å²) in [5.74, 6) is 0.322. The summed E-state index contributed by atoms with van der Waals surface area (Å²) in [6.07, 6.45) is 0. The van der Waals surface area contributed by atoms with Crippen molar-refractivity contribution in [2.75, 3.05) is 0 Å². The zero-order valence-corrected chi connectivity index (χ0v) is 10.3. The molecule has 0 unspecified atom stereocenters. The summed E-state index contributed by atoms with van der Waals surface area (Å²) in [5.41, 5.74) is 4.18. The van der Waals surface area contributed by atoms with Crippen LogP contribution in [0, 0.1) is 20.8 Å². The van der Waals surface area contributed by atoms with Gasteiger partial charge < -0.3 is 10.2 Å². The fourth-order valence-electron chi connectivity index (χ4n) is 2.04. The van der Waals surface area contributed by atoms with E-state index < -0.39 is 0 Å². The second kappa shape index (κ2) is 4.13. The average Bonchev–Trinajstić information content (AvgIpc) is 2.32. The Labute approximate surface area is 101 Å². The maximum absolute atomic E-state index is 10.1. The minimum atomic E-state index is 0.155. The van der Waals surface area contributed by atoms with E-state index in [1.807, 2.05) is 44.2 Å². The molecular formula is C15H16O2. The molecule has 0 atom stereocenters. The zero-order chi connectivity index (χ0) is 12.6. The van der Waals surface area contributed by atoms with Crippen LogP contribution in [0.5, 0.6) is 11.5 Å². The normalized spacial score (nSPS) is 10.5. The molecule has 0 heterocycles. The van der Waals surface area contributed by atoms with Crippen molar-refractivity contribution >= 4 is 0 Å². The number of phenols is 2. The summed E-state index contributed by atoms with van der Waals surface area (Å²) in [4.78, 5) is 0. The lowest BCUT2D eigenvalue weighted by molar-refractivity contribution is 0.442. The third-order valence-electron chi connectivity index (χ3n) is 3.14. The molecular weight excluding hydrogens is 212 g/mol. The summed E-state index contributed by atoms with van der Waals surface area (Å²) >= 11 is 0. The summed E-state index contributed by atoms with van der Waals surface area (Å²) in [6.45, 7) is 5.56. The van der Waals surface area contributed by atoms with E-state index in [2.05, 4.69) is 0 Å². The van der Waals surface area contributed by atoms with Crippen LogP contribution in [0.25, 0.3) is 11.1 Å². The fourth-order valence-corrected chi connectivity index (χ4v) is 2.04. The molecule has 0 fully saturated rings. The van der Waals surface area contributed by atoms with Gasteiger partial charge in [0.15, 0.2) is 0 Å². The fraction of sp³-hybridized carbons (Fsp3) is 0.200. The van der Waals surface area contributed by atoms with E-state index in [-0.39, 0.29) is 11.5 Å². The standard InChI is InChI=1S/C15H16O2/c1-9-6-4-5-7-12(9)13-8-10(2)14(16)11(3)15(13)17/h4-8,16-17H,1-3H3. The Bertz CT molecular complexity index is 571. The maximum Gasteiger partial charge on any atom is 0.130 e. The molecule has 0 saturated carbocycles. The minimum absolute atomic E-state index is 0.155. The van der Waals surface area contributed by atoms with E-state index in [1.165, 1.54) is 0 Å². The number of hydrogen-bond acceptors (Lipinski definition) is 2. The van der Waals surface area contributed by atoms with Gasteiger partial charge in [-0.3, -0.25) is 0 Å². The van der Waals surface area contributed by atoms with Crippen molar-refractivity contribution in [2.24, 2.45) is 0 Å². The van der Waals surface area contributed by atoms with Crippen LogP contribution in [0.1, 0.15) is 16.7 Å². The van der Waals surface area contributed by atoms with E-state index in [0.29, 0.717) is 5.56 Å². The lowest BCUT2D eigenvalue weighted by Crippen LogP contribution is -1.89. The van der Waals surface area contributed by atoms with Gasteiger partial charge in [-0.05, 0) is 43.5 Å². The van der Waals surface area contributed by atoms with Crippen LogP contribution in [-0.4, -0.2) is 10.2 Å². The van der Waals surface area contributed by atoms with Gasteiger partial charge in [-0.1, -0.05) is 24.3 Å². The number of hydrogen-bond donors (Lipinski definition) is 2. The molecule has 2 N–H and O–H groups in total. The SMILES string of the molecule is Cc1ccccc1-c1cc(C)c(O)c(C)c1O. The van der Waals surface area contributed by atoms with E-state index in [4.69, 9.17) is 0 Å². The predicted molar refractivity (Wildman–Crippen MR) is 69.4 cm³/mol. The molecule has 0 aliphatic carbocycles. The van der Waals surface area contributed by atoms with Crippen LogP contribution < -0.4 is 0 Å². The van der Waals surface area contributed by atoms with E-state index in [9.17, 15) is 10.2 Å². The van der Waals surface area contributed by atoms with Crippen LogP contribution in [0.4, 0.5) is 0 Å². The maximum atomic E-state index is 10.1.